The van der Waals surface area contributed by atoms with Crippen LogP contribution in [-0.2, 0) is 11.3 Å². The summed E-state index contributed by atoms with van der Waals surface area (Å²) in [7, 11) is 0. The molecule has 1 aliphatic heterocycles. The Bertz CT molecular complexity index is 1470. The zero-order valence-corrected chi connectivity index (χ0v) is 23.8. The summed E-state index contributed by atoms with van der Waals surface area (Å²) in [4.78, 5) is 12.9. The van der Waals surface area contributed by atoms with Crippen molar-refractivity contribution in [2.45, 2.75) is 50.3 Å². The summed E-state index contributed by atoms with van der Waals surface area (Å²) in [6.45, 7) is 2.30. The molecule has 8 N–H and O–H groups in total. The summed E-state index contributed by atoms with van der Waals surface area (Å²) in [6, 6.07) is 16.0. The third-order valence-corrected chi connectivity index (χ3v) is 7.38. The lowest BCUT2D eigenvalue weighted by atomic mass is 10.0. The summed E-state index contributed by atoms with van der Waals surface area (Å²) in [5.41, 5.74) is 9.63. The number of nitrogens with zero attached hydrogens (tertiary/aromatic N) is 4. The fourth-order valence-electron chi connectivity index (χ4n) is 5.08. The van der Waals surface area contributed by atoms with Crippen molar-refractivity contribution in [1.82, 2.24) is 24.8 Å². The van der Waals surface area contributed by atoms with E-state index in [2.05, 4.69) is 25.6 Å². The molecule has 2 aromatic heterocycles. The van der Waals surface area contributed by atoms with Crippen LogP contribution in [0.3, 0.4) is 0 Å². The molecule has 0 saturated carbocycles. The molecule has 43 heavy (non-hydrogen) atoms. The van der Waals surface area contributed by atoms with Crippen LogP contribution in [0.2, 0.25) is 0 Å². The van der Waals surface area contributed by atoms with Gasteiger partial charge in [-0.25, -0.2) is 15.0 Å². The van der Waals surface area contributed by atoms with Gasteiger partial charge in [0.05, 0.1) is 13.2 Å². The van der Waals surface area contributed by atoms with Gasteiger partial charge in [0.25, 0.3) is 0 Å². The summed E-state index contributed by atoms with van der Waals surface area (Å²) in [5, 5.41) is 46.3. The van der Waals surface area contributed by atoms with Crippen LogP contribution in [0.25, 0.3) is 22.3 Å². The Labute approximate surface area is 249 Å². The predicted molar refractivity (Wildman–Crippen MR) is 161 cm³/mol. The summed E-state index contributed by atoms with van der Waals surface area (Å²) < 4.78 is 13.6. The van der Waals surface area contributed by atoms with E-state index >= 15 is 0 Å². The molecule has 0 spiro atoms. The van der Waals surface area contributed by atoms with Gasteiger partial charge in [-0.1, -0.05) is 42.5 Å². The molecule has 4 atom stereocenters. The van der Waals surface area contributed by atoms with E-state index in [1.165, 1.54) is 10.9 Å². The second-order valence-electron chi connectivity index (χ2n) is 10.4. The van der Waals surface area contributed by atoms with Crippen molar-refractivity contribution in [2.24, 2.45) is 0 Å². The lowest BCUT2D eigenvalue weighted by Crippen LogP contribution is -2.33. The minimum absolute atomic E-state index is 0.157. The Kier molecular flexibility index (Phi) is 10.4. The van der Waals surface area contributed by atoms with Crippen molar-refractivity contribution in [3.8, 4) is 16.9 Å². The molecule has 0 aliphatic carbocycles. The van der Waals surface area contributed by atoms with E-state index in [1.54, 1.807) is 0 Å². The highest BCUT2D eigenvalue weighted by Crippen LogP contribution is 2.36. The number of rotatable bonds is 15. The molecule has 2 aromatic carbocycles. The molecule has 1 fully saturated rings. The van der Waals surface area contributed by atoms with Gasteiger partial charge in [0.2, 0.25) is 5.95 Å². The Hall–Kier alpha value is -3.85. The van der Waals surface area contributed by atoms with Gasteiger partial charge >= 0.3 is 0 Å². The zero-order valence-electron chi connectivity index (χ0n) is 23.8. The van der Waals surface area contributed by atoms with Gasteiger partial charge in [-0.3, -0.25) is 4.57 Å². The maximum absolute atomic E-state index is 10.8. The molecule has 5 rings (SSSR count). The van der Waals surface area contributed by atoms with E-state index in [9.17, 15) is 15.3 Å². The highest BCUT2D eigenvalue weighted by Gasteiger charge is 2.45. The summed E-state index contributed by atoms with van der Waals surface area (Å²) in [6.07, 6.45) is -0.811. The van der Waals surface area contributed by atoms with Crippen molar-refractivity contribution < 1.29 is 29.9 Å². The maximum atomic E-state index is 10.8. The first-order valence-corrected chi connectivity index (χ1v) is 14.5. The summed E-state index contributed by atoms with van der Waals surface area (Å²) in [5.74, 6) is 1.21. The first kappa shape index (κ1) is 30.6. The summed E-state index contributed by atoms with van der Waals surface area (Å²) >= 11 is 0. The normalized spacial score (nSPS) is 20.1. The topological polar surface area (TPSA) is 193 Å². The molecule has 0 unspecified atom stereocenters. The zero-order chi connectivity index (χ0) is 30.2. The molecule has 0 amide bonds. The van der Waals surface area contributed by atoms with E-state index in [1.807, 2.05) is 48.5 Å². The lowest BCUT2D eigenvalue weighted by molar-refractivity contribution is -0.0501. The number of nitrogens with one attached hydrogen (secondary N) is 2. The van der Waals surface area contributed by atoms with Gasteiger partial charge in [-0.15, -0.1) is 0 Å². The standard InChI is InChI=1S/C30H39N7O6/c31-27-24-28(35-18-34-27)37(29-26(41)25(40)23(17-39)43-29)30(36-24)33-16-19-9-10-21(20-7-2-1-3-8-20)22(15-19)42-14-6-12-32-11-4-5-13-38/h1-3,7-10,15,18,23,25-26,29,32,38-41H,4-6,11-14,16-17H2,(H,33,36)(H2,31,34,35)/t23-,25-,26-,29-/m1/s1. The number of aromatic nitrogens is 4. The van der Waals surface area contributed by atoms with Gasteiger partial charge in [0.15, 0.2) is 23.2 Å². The molecular formula is C30H39N7O6. The largest absolute Gasteiger partial charge is 0.493 e. The first-order chi connectivity index (χ1) is 21.0. The molecule has 13 nitrogen and oxygen atoms in total. The monoisotopic (exact) mass is 593 g/mol. The molecule has 230 valence electrons. The van der Waals surface area contributed by atoms with Crippen LogP contribution in [-0.4, -0.2) is 91.2 Å². The lowest BCUT2D eigenvalue weighted by Gasteiger charge is -2.20. The van der Waals surface area contributed by atoms with Crippen LogP contribution in [0.4, 0.5) is 11.8 Å². The van der Waals surface area contributed by atoms with Crippen LogP contribution in [0.15, 0.2) is 54.9 Å². The molecule has 4 aromatic rings. The van der Waals surface area contributed by atoms with Gasteiger partial charge in [0, 0.05) is 18.7 Å². The Morgan fingerprint density at radius 3 is 2.56 bits per heavy atom. The number of ether oxygens (including phenoxy) is 2. The van der Waals surface area contributed by atoms with Gasteiger partial charge in [-0.2, -0.15) is 0 Å². The Morgan fingerprint density at radius 2 is 1.79 bits per heavy atom. The number of aliphatic hydroxyl groups is 4. The van der Waals surface area contributed by atoms with Gasteiger partial charge in [0.1, 0.15) is 30.4 Å². The van der Waals surface area contributed by atoms with Crippen LogP contribution < -0.4 is 21.1 Å². The maximum Gasteiger partial charge on any atom is 0.207 e. The number of aliphatic hydroxyl groups excluding tert-OH is 4. The van der Waals surface area contributed by atoms with E-state index in [4.69, 9.17) is 20.3 Å². The van der Waals surface area contributed by atoms with Crippen molar-refractivity contribution in [3.05, 3.63) is 60.4 Å². The van der Waals surface area contributed by atoms with Crippen molar-refractivity contribution in [2.75, 3.05) is 44.0 Å². The molecule has 0 bridgehead atoms. The predicted octanol–water partition coefficient (Wildman–Crippen LogP) is 1.43. The van der Waals surface area contributed by atoms with E-state index < -0.39 is 31.1 Å². The number of benzene rings is 2. The number of anilines is 2. The van der Waals surface area contributed by atoms with Crippen molar-refractivity contribution >= 4 is 22.9 Å². The Morgan fingerprint density at radius 1 is 0.977 bits per heavy atom. The quantitative estimate of drug-likeness (QED) is 0.0982. The van der Waals surface area contributed by atoms with E-state index in [0.29, 0.717) is 30.3 Å². The van der Waals surface area contributed by atoms with Crippen molar-refractivity contribution in [3.63, 3.8) is 0 Å². The minimum Gasteiger partial charge on any atom is -0.493 e. The van der Waals surface area contributed by atoms with Crippen molar-refractivity contribution in [1.29, 1.82) is 0 Å². The second-order valence-corrected chi connectivity index (χ2v) is 10.4. The average Bonchev–Trinajstić information content (AvgIpc) is 3.54. The van der Waals surface area contributed by atoms with Crippen LogP contribution in [0.5, 0.6) is 5.75 Å². The molecular weight excluding hydrogens is 554 g/mol. The van der Waals surface area contributed by atoms with E-state index in [0.717, 1.165) is 54.8 Å². The average molecular weight is 594 g/mol. The number of unbranched alkanes of at least 4 members (excludes halogenated alkanes) is 1. The SMILES string of the molecule is Nc1ncnc2c1nc(NCc1ccc(-c3ccccc3)c(OCCCNCCCCO)c1)n2[C@@H]1O[C@H](CO)[C@@H](O)[C@H]1O. The third-order valence-electron chi connectivity index (χ3n) is 7.38. The number of imidazole rings is 1. The highest BCUT2D eigenvalue weighted by molar-refractivity contribution is 5.84. The smallest absolute Gasteiger partial charge is 0.207 e. The highest BCUT2D eigenvalue weighted by atomic mass is 16.6. The van der Waals surface area contributed by atoms with Crippen LogP contribution in [0, 0.1) is 0 Å². The minimum atomic E-state index is -1.33. The number of nitrogen functional groups attached to an aromatic ring is 1. The number of nitrogens with two attached hydrogens (primary N) is 1. The first-order valence-electron chi connectivity index (χ1n) is 14.5. The Balaban J connectivity index is 1.35. The molecule has 13 heteroatoms. The number of fused-ring (bicyclic) bond motifs is 1. The van der Waals surface area contributed by atoms with Crippen LogP contribution in [0.1, 0.15) is 31.1 Å². The molecule has 0 radical (unpaired) electrons. The molecule has 1 aliphatic rings. The van der Waals surface area contributed by atoms with Gasteiger partial charge < -0.3 is 46.3 Å². The molecule has 1 saturated heterocycles. The fraction of sp³-hybridized carbons (Fsp3) is 0.433. The fourth-order valence-corrected chi connectivity index (χ4v) is 5.08. The third kappa shape index (κ3) is 7.04. The molecule has 3 heterocycles. The number of hydrogen-bond acceptors (Lipinski definition) is 12. The number of hydrogen-bond donors (Lipinski definition) is 7. The van der Waals surface area contributed by atoms with Crippen LogP contribution >= 0.6 is 0 Å². The van der Waals surface area contributed by atoms with E-state index in [-0.39, 0.29) is 12.4 Å². The second kappa shape index (κ2) is 14.6. The van der Waals surface area contributed by atoms with Gasteiger partial charge in [-0.05, 0) is 49.5 Å².